The first kappa shape index (κ1) is 21.0. The largest absolute Gasteiger partial charge is 0.395 e. The van der Waals surface area contributed by atoms with E-state index in [4.69, 9.17) is 0 Å². The van der Waals surface area contributed by atoms with Crippen LogP contribution in [0.5, 0.6) is 0 Å². The lowest BCUT2D eigenvalue weighted by Gasteiger charge is -2.40. The van der Waals surface area contributed by atoms with Gasteiger partial charge in [-0.15, -0.1) is 11.3 Å². The SMILES string of the molecule is CS(=O)(=O)c1ccc(C2(C(=O)N(CCO)Cc3cccs3)CCCCC2)cc1. The Morgan fingerprint density at radius 3 is 2.36 bits per heavy atom. The molecule has 1 saturated carbocycles. The molecule has 1 amide bonds. The number of rotatable bonds is 7. The number of hydrogen-bond acceptors (Lipinski definition) is 5. The fourth-order valence-electron chi connectivity index (χ4n) is 4.07. The first-order valence-corrected chi connectivity index (χ1v) is 12.4. The molecule has 0 radical (unpaired) electrons. The average Bonchev–Trinajstić information content (AvgIpc) is 3.20. The van der Waals surface area contributed by atoms with Crippen LogP contribution in [-0.4, -0.2) is 43.7 Å². The summed E-state index contributed by atoms with van der Waals surface area (Å²) in [5.41, 5.74) is 0.222. The summed E-state index contributed by atoms with van der Waals surface area (Å²) >= 11 is 1.60. The van der Waals surface area contributed by atoms with Crippen molar-refractivity contribution in [2.45, 2.75) is 49.0 Å². The summed E-state index contributed by atoms with van der Waals surface area (Å²) in [6.07, 6.45) is 5.71. The molecule has 7 heteroatoms. The standard InChI is InChI=1S/C21H27NO4S2/c1-28(25,26)19-9-7-17(8-10-19)21(11-3-2-4-12-21)20(24)22(13-14-23)16-18-6-5-15-27-18/h5-10,15,23H,2-4,11-14,16H2,1H3. The van der Waals surface area contributed by atoms with E-state index in [0.717, 1.165) is 42.5 Å². The molecule has 1 heterocycles. The molecule has 0 aliphatic heterocycles. The Bertz CT molecular complexity index is 883. The number of amides is 1. The van der Waals surface area contributed by atoms with Gasteiger partial charge in [-0.05, 0) is 42.0 Å². The van der Waals surface area contributed by atoms with Crippen molar-refractivity contribution >= 4 is 27.1 Å². The van der Waals surface area contributed by atoms with Gasteiger partial charge in [-0.2, -0.15) is 0 Å². The van der Waals surface area contributed by atoms with Gasteiger partial charge in [0, 0.05) is 17.7 Å². The summed E-state index contributed by atoms with van der Waals surface area (Å²) in [7, 11) is -3.28. The topological polar surface area (TPSA) is 74.7 Å². The molecule has 1 fully saturated rings. The van der Waals surface area contributed by atoms with E-state index >= 15 is 0 Å². The Morgan fingerprint density at radius 1 is 1.14 bits per heavy atom. The van der Waals surface area contributed by atoms with E-state index in [9.17, 15) is 18.3 Å². The van der Waals surface area contributed by atoms with Crippen LogP contribution in [0.25, 0.3) is 0 Å². The van der Waals surface area contributed by atoms with E-state index in [1.54, 1.807) is 40.5 Å². The molecular weight excluding hydrogens is 394 g/mol. The Hall–Kier alpha value is -1.70. The quantitative estimate of drug-likeness (QED) is 0.744. The number of benzene rings is 1. The number of aliphatic hydroxyl groups is 1. The van der Waals surface area contributed by atoms with Gasteiger partial charge in [-0.1, -0.05) is 37.5 Å². The maximum atomic E-state index is 13.7. The first-order valence-electron chi connectivity index (χ1n) is 9.60. The first-order chi connectivity index (χ1) is 13.4. The van der Waals surface area contributed by atoms with Crippen LogP contribution in [0.4, 0.5) is 0 Å². The van der Waals surface area contributed by atoms with E-state index in [-0.39, 0.29) is 17.4 Å². The minimum absolute atomic E-state index is 0.0294. The molecule has 152 valence electrons. The Labute approximate surface area is 170 Å². The molecule has 1 aliphatic rings. The lowest BCUT2D eigenvalue weighted by Crippen LogP contribution is -2.48. The number of hydrogen-bond donors (Lipinski definition) is 1. The summed E-state index contributed by atoms with van der Waals surface area (Å²) in [6, 6.07) is 10.7. The third kappa shape index (κ3) is 4.47. The second kappa shape index (κ2) is 8.76. The van der Waals surface area contributed by atoms with Crippen LogP contribution < -0.4 is 0 Å². The van der Waals surface area contributed by atoms with Crippen molar-refractivity contribution < 1.29 is 18.3 Å². The van der Waals surface area contributed by atoms with Crippen molar-refractivity contribution in [3.8, 4) is 0 Å². The number of carbonyl (C=O) groups is 1. The highest BCUT2D eigenvalue weighted by Crippen LogP contribution is 2.41. The van der Waals surface area contributed by atoms with Gasteiger partial charge in [0.1, 0.15) is 0 Å². The number of aliphatic hydroxyl groups excluding tert-OH is 1. The molecule has 1 aliphatic carbocycles. The molecule has 1 aromatic heterocycles. The van der Waals surface area contributed by atoms with Crippen molar-refractivity contribution in [1.29, 1.82) is 0 Å². The number of thiophene rings is 1. The highest BCUT2D eigenvalue weighted by molar-refractivity contribution is 7.90. The zero-order chi connectivity index (χ0) is 20.2. The van der Waals surface area contributed by atoms with Crippen LogP contribution in [0, 0.1) is 0 Å². The zero-order valence-corrected chi connectivity index (χ0v) is 17.8. The minimum atomic E-state index is -3.28. The Balaban J connectivity index is 1.96. The van der Waals surface area contributed by atoms with Crippen LogP contribution in [-0.2, 0) is 26.6 Å². The fourth-order valence-corrected chi connectivity index (χ4v) is 5.42. The second-order valence-electron chi connectivity index (χ2n) is 7.47. The molecule has 0 bridgehead atoms. The summed E-state index contributed by atoms with van der Waals surface area (Å²) in [6.45, 7) is 0.695. The van der Waals surface area contributed by atoms with E-state index in [1.807, 2.05) is 17.5 Å². The van der Waals surface area contributed by atoms with E-state index in [0.29, 0.717) is 13.1 Å². The number of carbonyl (C=O) groups excluding carboxylic acids is 1. The third-order valence-electron chi connectivity index (χ3n) is 5.54. The molecule has 0 unspecified atom stereocenters. The normalized spacial score (nSPS) is 16.6. The highest BCUT2D eigenvalue weighted by atomic mass is 32.2. The smallest absolute Gasteiger partial charge is 0.233 e. The van der Waals surface area contributed by atoms with Gasteiger partial charge in [-0.25, -0.2) is 8.42 Å². The van der Waals surface area contributed by atoms with Crippen LogP contribution >= 0.6 is 11.3 Å². The van der Waals surface area contributed by atoms with Gasteiger partial charge in [0.05, 0.1) is 23.5 Å². The van der Waals surface area contributed by atoms with Crippen molar-refractivity contribution in [2.24, 2.45) is 0 Å². The van der Waals surface area contributed by atoms with Crippen LogP contribution in [0.1, 0.15) is 42.5 Å². The minimum Gasteiger partial charge on any atom is -0.395 e. The van der Waals surface area contributed by atoms with Crippen molar-refractivity contribution in [2.75, 3.05) is 19.4 Å². The molecule has 0 atom stereocenters. The highest BCUT2D eigenvalue weighted by Gasteiger charge is 2.43. The number of nitrogens with zero attached hydrogens (tertiary/aromatic N) is 1. The molecule has 1 N–H and O–H groups in total. The van der Waals surface area contributed by atoms with E-state index in [2.05, 4.69) is 0 Å². The van der Waals surface area contributed by atoms with Gasteiger partial charge < -0.3 is 10.0 Å². The predicted octanol–water partition coefficient (Wildman–Crippen LogP) is 3.37. The molecule has 5 nitrogen and oxygen atoms in total. The molecule has 28 heavy (non-hydrogen) atoms. The second-order valence-corrected chi connectivity index (χ2v) is 10.5. The van der Waals surface area contributed by atoms with Crippen molar-refractivity contribution in [3.05, 3.63) is 52.2 Å². The lowest BCUT2D eigenvalue weighted by molar-refractivity contribution is -0.140. The maximum absolute atomic E-state index is 13.7. The summed E-state index contributed by atoms with van der Waals surface area (Å²) in [5, 5.41) is 11.5. The lowest BCUT2D eigenvalue weighted by atomic mass is 9.68. The van der Waals surface area contributed by atoms with Gasteiger partial charge in [0.25, 0.3) is 0 Å². The van der Waals surface area contributed by atoms with Gasteiger partial charge in [-0.3, -0.25) is 4.79 Å². The summed E-state index contributed by atoms with van der Waals surface area (Å²) in [5.74, 6) is 0.0294. The van der Waals surface area contributed by atoms with Gasteiger partial charge in [0.15, 0.2) is 9.84 Å². The summed E-state index contributed by atoms with van der Waals surface area (Å²) < 4.78 is 23.6. The Kier molecular flexibility index (Phi) is 6.58. The van der Waals surface area contributed by atoms with Crippen LogP contribution in [0.15, 0.2) is 46.7 Å². The Morgan fingerprint density at radius 2 is 1.82 bits per heavy atom. The molecule has 1 aromatic carbocycles. The van der Waals surface area contributed by atoms with Crippen LogP contribution in [0.3, 0.4) is 0 Å². The third-order valence-corrected chi connectivity index (χ3v) is 7.53. The van der Waals surface area contributed by atoms with Gasteiger partial charge >= 0.3 is 0 Å². The molecule has 2 aromatic rings. The van der Waals surface area contributed by atoms with Crippen molar-refractivity contribution in [3.63, 3.8) is 0 Å². The predicted molar refractivity (Wildman–Crippen MR) is 111 cm³/mol. The van der Waals surface area contributed by atoms with Crippen molar-refractivity contribution in [1.82, 2.24) is 4.90 Å². The van der Waals surface area contributed by atoms with Crippen LogP contribution in [0.2, 0.25) is 0 Å². The van der Waals surface area contributed by atoms with E-state index < -0.39 is 15.3 Å². The molecule has 0 spiro atoms. The average molecular weight is 422 g/mol. The number of sulfone groups is 1. The monoisotopic (exact) mass is 421 g/mol. The van der Waals surface area contributed by atoms with E-state index in [1.165, 1.54) is 6.26 Å². The maximum Gasteiger partial charge on any atom is 0.233 e. The van der Waals surface area contributed by atoms with Gasteiger partial charge in [0.2, 0.25) is 5.91 Å². The molecule has 3 rings (SSSR count). The summed E-state index contributed by atoms with van der Waals surface area (Å²) in [4.78, 5) is 16.8. The molecule has 0 saturated heterocycles. The molecular formula is C21H27NO4S2. The zero-order valence-electron chi connectivity index (χ0n) is 16.1. The fraction of sp³-hybridized carbons (Fsp3) is 0.476.